The number of hydroxylamine groups is 1. The molecule has 0 bridgehead atoms. The summed E-state index contributed by atoms with van der Waals surface area (Å²) in [5, 5.41) is 16.0. The highest BCUT2D eigenvalue weighted by atomic mass is 19.1. The van der Waals surface area contributed by atoms with E-state index in [1.165, 1.54) is 12.1 Å². The molecule has 1 aliphatic carbocycles. The maximum Gasteiger partial charge on any atom is 0.199 e. The van der Waals surface area contributed by atoms with Crippen LogP contribution in [-0.4, -0.2) is 21.4 Å². The summed E-state index contributed by atoms with van der Waals surface area (Å²) in [6.45, 7) is 0. The fourth-order valence-corrected chi connectivity index (χ4v) is 2.02. The Morgan fingerprint density at radius 2 is 2.37 bits per heavy atom. The lowest BCUT2D eigenvalue weighted by atomic mass is 9.83. The van der Waals surface area contributed by atoms with Crippen molar-refractivity contribution in [1.82, 2.24) is 15.8 Å². The fraction of sp³-hybridized carbons (Fsp3) is 0.182. The van der Waals surface area contributed by atoms with E-state index in [1.807, 2.05) is 5.48 Å². The number of nitrogen functional groups attached to an aromatic ring is 1. The monoisotopic (exact) mass is 263 g/mol. The van der Waals surface area contributed by atoms with Crippen molar-refractivity contribution in [1.29, 1.82) is 0 Å². The first-order valence-corrected chi connectivity index (χ1v) is 5.53. The van der Waals surface area contributed by atoms with E-state index in [0.29, 0.717) is 6.42 Å². The molecule has 0 spiro atoms. The molecule has 98 valence electrons. The summed E-state index contributed by atoms with van der Waals surface area (Å²) < 4.78 is 17.6. The third-order valence-corrected chi connectivity index (χ3v) is 3.01. The van der Waals surface area contributed by atoms with Crippen molar-refractivity contribution in [2.45, 2.75) is 12.5 Å². The molecule has 7 nitrogen and oxygen atoms in total. The van der Waals surface area contributed by atoms with E-state index in [4.69, 9.17) is 10.9 Å². The van der Waals surface area contributed by atoms with Crippen LogP contribution in [0.2, 0.25) is 0 Å². The number of rotatable bonds is 2. The van der Waals surface area contributed by atoms with Crippen molar-refractivity contribution in [3.63, 3.8) is 0 Å². The summed E-state index contributed by atoms with van der Waals surface area (Å²) in [4.78, 5) is 4.23. The van der Waals surface area contributed by atoms with Gasteiger partial charge in [-0.15, -0.1) is 0 Å². The summed E-state index contributed by atoms with van der Waals surface area (Å²) in [5.41, 5.74) is 9.34. The minimum Gasteiger partial charge on any atom is -0.379 e. The van der Waals surface area contributed by atoms with Gasteiger partial charge in [0.25, 0.3) is 0 Å². The Hall–Kier alpha value is -2.48. The van der Waals surface area contributed by atoms with Gasteiger partial charge in [-0.3, -0.25) is 15.7 Å². The molecule has 1 atom stereocenters. The quantitative estimate of drug-likeness (QED) is 0.420. The summed E-state index contributed by atoms with van der Waals surface area (Å²) >= 11 is 0. The molecule has 3 rings (SSSR count). The maximum atomic E-state index is 13.1. The van der Waals surface area contributed by atoms with Gasteiger partial charge in [-0.25, -0.2) is 9.02 Å². The Labute approximate surface area is 106 Å². The summed E-state index contributed by atoms with van der Waals surface area (Å²) in [5.74, 6) is -0.266. The van der Waals surface area contributed by atoms with Gasteiger partial charge in [-0.1, -0.05) is 6.07 Å². The van der Waals surface area contributed by atoms with E-state index in [1.54, 1.807) is 6.07 Å². The standard InChI is InChI=1S/C11H10FN5O2/c12-6-2-1-5-3-8(7(5)4-6)14-11(15-18)9-10(13)17-19-16-9/h1-2,4,8,18H,3H2,(H2,13,17)(H,14,15). The van der Waals surface area contributed by atoms with Crippen LogP contribution in [0.5, 0.6) is 0 Å². The summed E-state index contributed by atoms with van der Waals surface area (Å²) in [6, 6.07) is 4.29. The van der Waals surface area contributed by atoms with Gasteiger partial charge < -0.3 is 5.73 Å². The largest absolute Gasteiger partial charge is 0.379 e. The molecule has 1 aromatic carbocycles. The molecule has 1 aliphatic rings. The number of benzene rings is 1. The van der Waals surface area contributed by atoms with Crippen molar-refractivity contribution in [3.8, 4) is 0 Å². The highest BCUT2D eigenvalue weighted by Gasteiger charge is 2.27. The highest BCUT2D eigenvalue weighted by Crippen LogP contribution is 2.36. The molecule has 1 unspecified atom stereocenters. The van der Waals surface area contributed by atoms with Gasteiger partial charge >= 0.3 is 0 Å². The predicted octanol–water partition coefficient (Wildman–Crippen LogP) is 0.814. The highest BCUT2D eigenvalue weighted by molar-refractivity contribution is 5.99. The number of hydrogen-bond donors (Lipinski definition) is 3. The topological polar surface area (TPSA) is 110 Å². The number of anilines is 1. The number of aliphatic imine (C=N–C) groups is 1. The molecule has 1 aromatic heterocycles. The van der Waals surface area contributed by atoms with Crippen molar-refractivity contribution < 1.29 is 14.2 Å². The molecule has 19 heavy (non-hydrogen) atoms. The maximum absolute atomic E-state index is 13.1. The Bertz CT molecular complexity index is 654. The van der Waals surface area contributed by atoms with Crippen LogP contribution < -0.4 is 11.2 Å². The lowest BCUT2D eigenvalue weighted by Gasteiger charge is -2.27. The second-order valence-electron chi connectivity index (χ2n) is 4.15. The Morgan fingerprint density at radius 1 is 1.53 bits per heavy atom. The van der Waals surface area contributed by atoms with Crippen LogP contribution in [-0.2, 0) is 6.42 Å². The van der Waals surface area contributed by atoms with Crippen LogP contribution in [0.4, 0.5) is 10.2 Å². The van der Waals surface area contributed by atoms with Crippen LogP contribution in [0.1, 0.15) is 22.9 Å². The second kappa shape index (κ2) is 4.32. The van der Waals surface area contributed by atoms with Gasteiger partial charge in [0.2, 0.25) is 0 Å². The SMILES string of the molecule is Nc1nonc1C(=NC1Cc2ccc(F)cc21)NO. The first-order valence-electron chi connectivity index (χ1n) is 5.53. The molecular formula is C11H10FN5O2. The second-order valence-corrected chi connectivity index (χ2v) is 4.15. The van der Waals surface area contributed by atoms with E-state index in [9.17, 15) is 4.39 Å². The van der Waals surface area contributed by atoms with Gasteiger partial charge in [0, 0.05) is 0 Å². The molecule has 0 amide bonds. The van der Waals surface area contributed by atoms with Crippen LogP contribution in [0.25, 0.3) is 0 Å². The van der Waals surface area contributed by atoms with Crippen molar-refractivity contribution in [2.75, 3.05) is 5.73 Å². The molecule has 4 N–H and O–H groups in total. The molecular weight excluding hydrogens is 253 g/mol. The van der Waals surface area contributed by atoms with E-state index in [2.05, 4.69) is 19.9 Å². The minimum absolute atomic E-state index is 0.0130. The number of nitrogens with one attached hydrogen (secondary N) is 1. The van der Waals surface area contributed by atoms with E-state index in [-0.39, 0.29) is 29.2 Å². The number of amidine groups is 1. The van der Waals surface area contributed by atoms with Crippen molar-refractivity contribution >= 4 is 11.7 Å². The number of aromatic nitrogens is 2. The van der Waals surface area contributed by atoms with Crippen LogP contribution >= 0.6 is 0 Å². The zero-order valence-electron chi connectivity index (χ0n) is 9.67. The first kappa shape index (κ1) is 11.6. The molecule has 1 heterocycles. The Balaban J connectivity index is 1.92. The van der Waals surface area contributed by atoms with Crippen LogP contribution in [0.15, 0.2) is 27.8 Å². The van der Waals surface area contributed by atoms with Crippen molar-refractivity contribution in [3.05, 3.63) is 40.8 Å². The molecule has 0 aliphatic heterocycles. The zero-order valence-corrected chi connectivity index (χ0v) is 9.67. The lowest BCUT2D eigenvalue weighted by molar-refractivity contribution is 0.232. The van der Waals surface area contributed by atoms with Crippen LogP contribution in [0.3, 0.4) is 0 Å². The third kappa shape index (κ3) is 1.91. The number of nitrogens with zero attached hydrogens (tertiary/aromatic N) is 3. The smallest absolute Gasteiger partial charge is 0.199 e. The van der Waals surface area contributed by atoms with Gasteiger partial charge in [-0.2, -0.15) is 0 Å². The molecule has 0 fully saturated rings. The van der Waals surface area contributed by atoms with E-state index < -0.39 is 0 Å². The zero-order chi connectivity index (χ0) is 13.4. The predicted molar refractivity (Wildman–Crippen MR) is 63.0 cm³/mol. The number of hydrogen-bond acceptors (Lipinski definition) is 6. The third-order valence-electron chi connectivity index (χ3n) is 3.01. The van der Waals surface area contributed by atoms with Gasteiger partial charge in [-0.05, 0) is 40.0 Å². The molecule has 0 radical (unpaired) electrons. The van der Waals surface area contributed by atoms with Crippen LogP contribution in [0, 0.1) is 5.82 Å². The average molecular weight is 263 g/mol. The normalized spacial score (nSPS) is 17.8. The molecule has 8 heteroatoms. The van der Waals surface area contributed by atoms with Gasteiger partial charge in [0.05, 0.1) is 6.04 Å². The molecule has 2 aromatic rings. The van der Waals surface area contributed by atoms with Gasteiger partial charge in [0.1, 0.15) is 5.82 Å². The molecule has 0 saturated heterocycles. The first-order chi connectivity index (χ1) is 9.19. The number of nitrogens with two attached hydrogens (primary N) is 1. The minimum atomic E-state index is -0.320. The molecule has 0 saturated carbocycles. The summed E-state index contributed by atoms with van der Waals surface area (Å²) in [7, 11) is 0. The Morgan fingerprint density at radius 3 is 3.05 bits per heavy atom. The van der Waals surface area contributed by atoms with Crippen molar-refractivity contribution in [2.24, 2.45) is 4.99 Å². The summed E-state index contributed by atoms with van der Waals surface area (Å²) in [6.07, 6.45) is 0.659. The lowest BCUT2D eigenvalue weighted by Crippen LogP contribution is -2.26. The fourth-order valence-electron chi connectivity index (χ4n) is 2.02. The Kier molecular flexibility index (Phi) is 2.64. The number of halogens is 1. The average Bonchev–Trinajstić information content (AvgIpc) is 2.80. The van der Waals surface area contributed by atoms with Gasteiger partial charge in [0.15, 0.2) is 17.3 Å². The number of fused-ring (bicyclic) bond motifs is 1. The van der Waals surface area contributed by atoms with E-state index >= 15 is 0 Å². The van der Waals surface area contributed by atoms with E-state index in [0.717, 1.165) is 11.1 Å².